The molecule has 1 saturated heterocycles. The molecule has 0 aliphatic carbocycles. The second kappa shape index (κ2) is 6.52. The van der Waals surface area contributed by atoms with Crippen LogP contribution in [0.15, 0.2) is 41.3 Å². The second-order valence-corrected chi connectivity index (χ2v) is 5.89. The molecule has 23 heavy (non-hydrogen) atoms. The van der Waals surface area contributed by atoms with E-state index in [4.69, 9.17) is 9.15 Å². The number of hydrogen-bond acceptors (Lipinski definition) is 5. The fourth-order valence-electron chi connectivity index (χ4n) is 2.91. The summed E-state index contributed by atoms with van der Waals surface area (Å²) < 4.78 is 11.0. The number of amides is 1. The number of carbonyl (C=O) groups excluding carboxylic acids is 1. The zero-order chi connectivity index (χ0) is 16.3. The molecule has 0 spiro atoms. The Morgan fingerprint density at radius 3 is 2.96 bits per heavy atom. The molecule has 3 rings (SSSR count). The summed E-state index contributed by atoms with van der Waals surface area (Å²) in [7, 11) is 0. The van der Waals surface area contributed by atoms with Crippen molar-refractivity contribution >= 4 is 5.91 Å². The van der Waals surface area contributed by atoms with E-state index in [1.54, 1.807) is 4.90 Å². The summed E-state index contributed by atoms with van der Waals surface area (Å²) in [6.45, 7) is 3.04. The van der Waals surface area contributed by atoms with Gasteiger partial charge >= 0.3 is 0 Å². The van der Waals surface area contributed by atoms with E-state index in [0.29, 0.717) is 26.1 Å². The fourth-order valence-corrected chi connectivity index (χ4v) is 2.91. The quantitative estimate of drug-likeness (QED) is 0.923. The van der Waals surface area contributed by atoms with Gasteiger partial charge in [-0.15, -0.1) is 0 Å². The average Bonchev–Trinajstić information content (AvgIpc) is 3.11. The van der Waals surface area contributed by atoms with Crippen molar-refractivity contribution in [2.45, 2.75) is 18.9 Å². The summed E-state index contributed by atoms with van der Waals surface area (Å²) in [5.74, 6) is -0.0250. The first-order chi connectivity index (χ1) is 11.1. The van der Waals surface area contributed by atoms with Crippen molar-refractivity contribution in [3.05, 3.63) is 53.7 Å². The van der Waals surface area contributed by atoms with E-state index in [1.165, 1.54) is 12.6 Å². The number of aliphatic hydroxyl groups is 1. The molecule has 1 amide bonds. The molecule has 0 unspecified atom stereocenters. The first-order valence-electron chi connectivity index (χ1n) is 7.61. The number of benzene rings is 1. The molecular formula is C17H20N2O4. The summed E-state index contributed by atoms with van der Waals surface area (Å²) in [5.41, 5.74) is 1.46. The number of nitrogens with zero attached hydrogens (tertiary/aromatic N) is 2. The molecule has 2 aromatic rings. The van der Waals surface area contributed by atoms with Crippen LogP contribution in [0.25, 0.3) is 0 Å². The lowest BCUT2D eigenvalue weighted by Gasteiger charge is -2.41. The lowest BCUT2D eigenvalue weighted by Crippen LogP contribution is -2.56. The molecule has 1 aliphatic rings. The van der Waals surface area contributed by atoms with Gasteiger partial charge in [-0.05, 0) is 18.1 Å². The third-order valence-electron chi connectivity index (χ3n) is 4.24. The highest BCUT2D eigenvalue weighted by molar-refractivity contribution is 5.91. The molecule has 6 nitrogen and oxygen atoms in total. The highest BCUT2D eigenvalue weighted by Gasteiger charge is 2.39. The largest absolute Gasteiger partial charge is 0.438 e. The van der Waals surface area contributed by atoms with Crippen molar-refractivity contribution in [1.82, 2.24) is 9.88 Å². The predicted molar refractivity (Wildman–Crippen MR) is 83.1 cm³/mol. The SMILES string of the molecule is Cc1ccccc1C[C@]1(CO)CN(C(=O)c2cnco2)CCO1. The van der Waals surface area contributed by atoms with Crippen LogP contribution in [-0.2, 0) is 11.2 Å². The number of hydrogen-bond donors (Lipinski definition) is 1. The number of morpholine rings is 1. The van der Waals surface area contributed by atoms with E-state index in [1.807, 2.05) is 31.2 Å². The number of aryl methyl sites for hydroxylation is 1. The highest BCUT2D eigenvalue weighted by Crippen LogP contribution is 2.25. The van der Waals surface area contributed by atoms with Gasteiger partial charge in [0, 0.05) is 13.0 Å². The Morgan fingerprint density at radius 1 is 1.43 bits per heavy atom. The Labute approximate surface area is 134 Å². The van der Waals surface area contributed by atoms with Gasteiger partial charge in [-0.25, -0.2) is 4.98 Å². The van der Waals surface area contributed by atoms with E-state index < -0.39 is 5.60 Å². The smallest absolute Gasteiger partial charge is 0.291 e. The third kappa shape index (κ3) is 3.28. The predicted octanol–water partition coefficient (Wildman–Crippen LogP) is 1.43. The van der Waals surface area contributed by atoms with Crippen LogP contribution in [0, 0.1) is 6.92 Å². The van der Waals surface area contributed by atoms with Crippen LogP contribution < -0.4 is 0 Å². The molecule has 1 atom stereocenters. The normalized spacial score (nSPS) is 21.4. The van der Waals surface area contributed by atoms with Gasteiger partial charge in [0.15, 0.2) is 6.39 Å². The van der Waals surface area contributed by atoms with Gasteiger partial charge in [0.2, 0.25) is 5.76 Å². The summed E-state index contributed by atoms with van der Waals surface area (Å²) >= 11 is 0. The zero-order valence-electron chi connectivity index (χ0n) is 13.1. The molecule has 1 aromatic carbocycles. The van der Waals surface area contributed by atoms with Crippen LogP contribution in [0.5, 0.6) is 0 Å². The van der Waals surface area contributed by atoms with Crippen molar-refractivity contribution in [2.24, 2.45) is 0 Å². The lowest BCUT2D eigenvalue weighted by molar-refractivity contribution is -0.124. The van der Waals surface area contributed by atoms with Crippen LogP contribution in [0.2, 0.25) is 0 Å². The summed E-state index contributed by atoms with van der Waals surface area (Å²) in [6.07, 6.45) is 3.19. The van der Waals surface area contributed by atoms with E-state index in [0.717, 1.165) is 11.1 Å². The van der Waals surface area contributed by atoms with Gasteiger partial charge in [0.25, 0.3) is 5.91 Å². The molecule has 1 aliphatic heterocycles. The van der Waals surface area contributed by atoms with E-state index >= 15 is 0 Å². The molecule has 6 heteroatoms. The van der Waals surface area contributed by atoms with Crippen LogP contribution >= 0.6 is 0 Å². The van der Waals surface area contributed by atoms with E-state index in [9.17, 15) is 9.90 Å². The molecule has 0 saturated carbocycles. The van der Waals surface area contributed by atoms with Crippen LogP contribution in [0.3, 0.4) is 0 Å². The minimum absolute atomic E-state index is 0.151. The molecule has 0 radical (unpaired) electrons. The van der Waals surface area contributed by atoms with Gasteiger partial charge in [-0.3, -0.25) is 4.79 Å². The summed E-state index contributed by atoms with van der Waals surface area (Å²) in [5, 5.41) is 9.93. The van der Waals surface area contributed by atoms with Gasteiger partial charge in [0.05, 0.1) is 26.0 Å². The van der Waals surface area contributed by atoms with Gasteiger partial charge in [-0.1, -0.05) is 24.3 Å². The lowest BCUT2D eigenvalue weighted by atomic mass is 9.91. The van der Waals surface area contributed by atoms with Crippen LogP contribution in [0.4, 0.5) is 0 Å². The minimum atomic E-state index is -0.792. The molecule has 1 N–H and O–H groups in total. The Bertz CT molecular complexity index is 671. The number of carbonyl (C=O) groups is 1. The van der Waals surface area contributed by atoms with Crippen LogP contribution in [0.1, 0.15) is 21.7 Å². The summed E-state index contributed by atoms with van der Waals surface area (Å²) in [6, 6.07) is 7.99. The van der Waals surface area contributed by atoms with Crippen molar-refractivity contribution < 1.29 is 19.1 Å². The molecular weight excluding hydrogens is 296 g/mol. The Balaban J connectivity index is 1.79. The average molecular weight is 316 g/mol. The van der Waals surface area contributed by atoms with Crippen molar-refractivity contribution in [3.63, 3.8) is 0 Å². The first kappa shape index (κ1) is 15.7. The van der Waals surface area contributed by atoms with Crippen LogP contribution in [-0.4, -0.2) is 52.8 Å². The zero-order valence-corrected chi connectivity index (χ0v) is 13.1. The standard InChI is InChI=1S/C17H20N2O4/c1-13-4-2-3-5-14(13)8-17(11-20)10-19(6-7-23-17)16(21)15-9-18-12-22-15/h2-5,9,12,20H,6-8,10-11H2,1H3/t17-/m1/s1. The topological polar surface area (TPSA) is 75.8 Å². The number of aliphatic hydroxyl groups excluding tert-OH is 1. The highest BCUT2D eigenvalue weighted by atomic mass is 16.5. The van der Waals surface area contributed by atoms with Gasteiger partial charge < -0.3 is 19.2 Å². The minimum Gasteiger partial charge on any atom is -0.438 e. The maximum atomic E-state index is 12.4. The van der Waals surface area contributed by atoms with E-state index in [2.05, 4.69) is 4.98 Å². The molecule has 1 fully saturated rings. The number of rotatable bonds is 4. The Hall–Kier alpha value is -2.18. The number of aromatic nitrogens is 1. The maximum Gasteiger partial charge on any atom is 0.291 e. The number of oxazole rings is 1. The van der Waals surface area contributed by atoms with Gasteiger partial charge in [-0.2, -0.15) is 0 Å². The maximum absolute atomic E-state index is 12.4. The molecule has 2 heterocycles. The fraction of sp³-hybridized carbons (Fsp3) is 0.412. The molecule has 1 aromatic heterocycles. The molecule has 0 bridgehead atoms. The van der Waals surface area contributed by atoms with E-state index in [-0.39, 0.29) is 18.3 Å². The monoisotopic (exact) mass is 316 g/mol. The Kier molecular flexibility index (Phi) is 4.45. The van der Waals surface area contributed by atoms with Crippen molar-refractivity contribution in [1.29, 1.82) is 0 Å². The second-order valence-electron chi connectivity index (χ2n) is 5.89. The van der Waals surface area contributed by atoms with Gasteiger partial charge in [0.1, 0.15) is 5.60 Å². The third-order valence-corrected chi connectivity index (χ3v) is 4.24. The van der Waals surface area contributed by atoms with Crippen molar-refractivity contribution in [2.75, 3.05) is 26.3 Å². The summed E-state index contributed by atoms with van der Waals surface area (Å²) in [4.78, 5) is 17.9. The number of ether oxygens (including phenoxy) is 1. The molecule has 122 valence electrons. The Morgan fingerprint density at radius 2 is 2.26 bits per heavy atom. The van der Waals surface area contributed by atoms with Crippen molar-refractivity contribution in [3.8, 4) is 0 Å². The first-order valence-corrected chi connectivity index (χ1v) is 7.61.